The molecule has 11 heteroatoms. The summed E-state index contributed by atoms with van der Waals surface area (Å²) in [7, 11) is -4.35. The quantitative estimate of drug-likeness (QED) is 0.243. The van der Waals surface area contributed by atoms with E-state index in [0.717, 1.165) is 48.9 Å². The predicted molar refractivity (Wildman–Crippen MR) is 115 cm³/mol. The van der Waals surface area contributed by atoms with Gasteiger partial charge in [-0.15, -0.1) is 0 Å². The Morgan fingerprint density at radius 1 is 1.03 bits per heavy atom. The molecule has 0 aliphatic carbocycles. The number of ketones is 2. The summed E-state index contributed by atoms with van der Waals surface area (Å²) in [6.07, 6.45) is 2.94. The predicted octanol–water partition coefficient (Wildman–Crippen LogP) is 3.00. The highest BCUT2D eigenvalue weighted by molar-refractivity contribution is 7.90. The fraction of sp³-hybridized carbons (Fsp3) is 0. The monoisotopic (exact) mass is 466 g/mol. The van der Waals surface area contributed by atoms with Crippen molar-refractivity contribution in [1.29, 1.82) is 0 Å². The van der Waals surface area contributed by atoms with Gasteiger partial charge in [-0.05, 0) is 30.3 Å². The van der Waals surface area contributed by atoms with E-state index in [0.29, 0.717) is 3.97 Å². The minimum atomic E-state index is -4.35. The summed E-state index contributed by atoms with van der Waals surface area (Å²) >= 11 is 0. The number of nitrogens with zero attached hydrogens (tertiary/aromatic N) is 3. The van der Waals surface area contributed by atoms with Crippen LogP contribution in [0.3, 0.4) is 0 Å². The molecule has 0 spiro atoms. The lowest BCUT2D eigenvalue weighted by Gasteiger charge is -2.10. The molecule has 166 valence electrons. The van der Waals surface area contributed by atoms with E-state index in [1.54, 1.807) is 18.2 Å². The van der Waals surface area contributed by atoms with E-state index in [4.69, 9.17) is 0 Å². The number of aromatic amines is 1. The summed E-state index contributed by atoms with van der Waals surface area (Å²) < 4.78 is 40.5. The maximum absolute atomic E-state index is 13.3. The van der Waals surface area contributed by atoms with Gasteiger partial charge in [-0.2, -0.15) is 5.10 Å². The standard InChI is InChI=1S/C22H15FN4O5S/c23-16-6-8-17(9-7-16)33(31,32)27-12-15(19(28)11-20(29)22-24-13-25-26-22)10-18(27)21(30)14-4-2-1-3-5-14/h1-13,28H,(H,24,25,26). The first-order valence-corrected chi connectivity index (χ1v) is 10.9. The van der Waals surface area contributed by atoms with E-state index in [2.05, 4.69) is 15.2 Å². The van der Waals surface area contributed by atoms with Crippen LogP contribution < -0.4 is 0 Å². The largest absolute Gasteiger partial charge is 0.507 e. The Morgan fingerprint density at radius 3 is 2.36 bits per heavy atom. The van der Waals surface area contributed by atoms with Crippen molar-refractivity contribution in [2.45, 2.75) is 4.90 Å². The molecule has 0 fully saturated rings. The number of allylic oxidation sites excluding steroid dienone is 1. The van der Waals surface area contributed by atoms with Crippen molar-refractivity contribution in [3.8, 4) is 0 Å². The number of halogens is 1. The number of H-pyrrole nitrogens is 1. The lowest BCUT2D eigenvalue weighted by Crippen LogP contribution is -2.18. The van der Waals surface area contributed by atoms with Crippen LogP contribution >= 0.6 is 0 Å². The molecule has 33 heavy (non-hydrogen) atoms. The van der Waals surface area contributed by atoms with Gasteiger partial charge in [-0.25, -0.2) is 21.8 Å². The molecule has 0 amide bonds. The Balaban J connectivity index is 1.84. The first kappa shape index (κ1) is 21.8. The first-order valence-electron chi connectivity index (χ1n) is 9.41. The van der Waals surface area contributed by atoms with E-state index in [9.17, 15) is 27.5 Å². The molecule has 4 rings (SSSR count). The van der Waals surface area contributed by atoms with Gasteiger partial charge in [-0.1, -0.05) is 30.3 Å². The van der Waals surface area contributed by atoms with Crippen LogP contribution in [0.4, 0.5) is 4.39 Å². The van der Waals surface area contributed by atoms with E-state index in [1.165, 1.54) is 12.1 Å². The van der Waals surface area contributed by atoms with Gasteiger partial charge in [0.1, 0.15) is 23.6 Å². The van der Waals surface area contributed by atoms with Crippen molar-refractivity contribution in [3.05, 3.63) is 108 Å². The molecule has 0 radical (unpaired) electrons. The zero-order valence-electron chi connectivity index (χ0n) is 16.7. The van der Waals surface area contributed by atoms with Crippen LogP contribution in [-0.2, 0) is 10.0 Å². The van der Waals surface area contributed by atoms with Gasteiger partial charge in [0, 0.05) is 23.4 Å². The average Bonchev–Trinajstić information content (AvgIpc) is 3.50. The van der Waals surface area contributed by atoms with Gasteiger partial charge >= 0.3 is 0 Å². The van der Waals surface area contributed by atoms with Crippen molar-refractivity contribution in [1.82, 2.24) is 19.2 Å². The summed E-state index contributed by atoms with van der Waals surface area (Å²) in [5, 5.41) is 16.4. The molecule has 2 aromatic heterocycles. The number of nitrogens with one attached hydrogen (secondary N) is 1. The minimum Gasteiger partial charge on any atom is -0.507 e. The third kappa shape index (κ3) is 4.34. The molecule has 0 atom stereocenters. The smallest absolute Gasteiger partial charge is 0.268 e. The van der Waals surface area contributed by atoms with Crippen LogP contribution in [0.2, 0.25) is 0 Å². The number of aliphatic hydroxyl groups is 1. The molecule has 0 bridgehead atoms. The maximum atomic E-state index is 13.3. The molecular weight excluding hydrogens is 451 g/mol. The molecule has 2 heterocycles. The lowest BCUT2D eigenvalue weighted by atomic mass is 10.1. The van der Waals surface area contributed by atoms with Crippen molar-refractivity contribution in [3.63, 3.8) is 0 Å². The third-order valence-electron chi connectivity index (χ3n) is 4.64. The number of aromatic nitrogens is 4. The highest BCUT2D eigenvalue weighted by Gasteiger charge is 2.26. The number of hydrogen-bond acceptors (Lipinski definition) is 7. The minimum absolute atomic E-state index is 0.104. The lowest BCUT2D eigenvalue weighted by molar-refractivity contribution is 0.102. The number of benzene rings is 2. The average molecular weight is 466 g/mol. The van der Waals surface area contributed by atoms with Crippen LogP contribution in [-0.4, -0.2) is 44.2 Å². The maximum Gasteiger partial charge on any atom is 0.268 e. The molecule has 0 aliphatic heterocycles. The van der Waals surface area contributed by atoms with Crippen LogP contribution in [0.15, 0.2) is 84.2 Å². The molecule has 0 saturated carbocycles. The molecule has 0 unspecified atom stereocenters. The number of carbonyl (C=O) groups excluding carboxylic acids is 2. The Kier molecular flexibility index (Phi) is 5.71. The van der Waals surface area contributed by atoms with Gasteiger partial charge in [0.25, 0.3) is 10.0 Å². The van der Waals surface area contributed by atoms with Crippen LogP contribution in [0.1, 0.15) is 32.2 Å². The van der Waals surface area contributed by atoms with E-state index in [-0.39, 0.29) is 27.5 Å². The molecule has 0 saturated heterocycles. The van der Waals surface area contributed by atoms with Gasteiger partial charge in [-0.3, -0.25) is 14.7 Å². The second-order valence-corrected chi connectivity index (χ2v) is 8.61. The van der Waals surface area contributed by atoms with Gasteiger partial charge < -0.3 is 5.11 Å². The summed E-state index contributed by atoms with van der Waals surface area (Å²) in [6, 6.07) is 13.2. The van der Waals surface area contributed by atoms with Gasteiger partial charge in [0.15, 0.2) is 5.82 Å². The Hall–Kier alpha value is -4.38. The van der Waals surface area contributed by atoms with Crippen LogP contribution in [0, 0.1) is 5.82 Å². The number of hydrogen-bond donors (Lipinski definition) is 2. The first-order chi connectivity index (χ1) is 15.8. The molecule has 2 N–H and O–H groups in total. The van der Waals surface area contributed by atoms with Gasteiger partial charge in [0.2, 0.25) is 11.6 Å². The fourth-order valence-corrected chi connectivity index (χ4v) is 4.36. The van der Waals surface area contributed by atoms with E-state index >= 15 is 0 Å². The molecular formula is C22H15FN4O5S. The van der Waals surface area contributed by atoms with Crippen molar-refractivity contribution >= 4 is 27.3 Å². The second-order valence-electron chi connectivity index (χ2n) is 6.79. The van der Waals surface area contributed by atoms with E-state index < -0.39 is 33.2 Å². The molecule has 9 nitrogen and oxygen atoms in total. The Labute approximate surface area is 186 Å². The number of carbonyl (C=O) groups is 2. The highest BCUT2D eigenvalue weighted by atomic mass is 32.2. The SMILES string of the molecule is O=C(C=C(O)c1cc(C(=O)c2ccccc2)n(S(=O)(=O)c2ccc(F)cc2)c1)c1ncn[nH]1. The zero-order chi connectivity index (χ0) is 23.6. The normalized spacial score (nSPS) is 12.0. The molecule has 0 aliphatic rings. The van der Waals surface area contributed by atoms with Crippen molar-refractivity contribution < 1.29 is 27.5 Å². The zero-order valence-corrected chi connectivity index (χ0v) is 17.5. The molecule has 2 aromatic carbocycles. The summed E-state index contributed by atoms with van der Waals surface area (Å²) in [4.78, 5) is 28.7. The second kappa shape index (κ2) is 8.63. The third-order valence-corrected chi connectivity index (χ3v) is 6.32. The topological polar surface area (TPSA) is 135 Å². The summed E-state index contributed by atoms with van der Waals surface area (Å²) in [5.74, 6) is -2.71. The number of aliphatic hydroxyl groups excluding tert-OH is 1. The summed E-state index contributed by atoms with van der Waals surface area (Å²) in [6.45, 7) is 0. The fourth-order valence-electron chi connectivity index (χ4n) is 3.01. The van der Waals surface area contributed by atoms with Crippen LogP contribution in [0.25, 0.3) is 5.76 Å². The highest BCUT2D eigenvalue weighted by Crippen LogP contribution is 2.24. The van der Waals surface area contributed by atoms with Crippen molar-refractivity contribution in [2.75, 3.05) is 0 Å². The van der Waals surface area contributed by atoms with E-state index in [1.807, 2.05) is 0 Å². The van der Waals surface area contributed by atoms with Crippen molar-refractivity contribution in [2.24, 2.45) is 0 Å². The van der Waals surface area contributed by atoms with Gasteiger partial charge in [0.05, 0.1) is 4.90 Å². The van der Waals surface area contributed by atoms with Crippen LogP contribution in [0.5, 0.6) is 0 Å². The summed E-state index contributed by atoms with van der Waals surface area (Å²) in [5.41, 5.74) is -0.181. The Morgan fingerprint density at radius 2 is 1.73 bits per heavy atom. The number of rotatable bonds is 7. The molecule has 4 aromatic rings. The Bertz CT molecular complexity index is 1460.